The van der Waals surface area contributed by atoms with Gasteiger partial charge in [-0.25, -0.2) is 0 Å². The highest BCUT2D eigenvalue weighted by atomic mass is 16.5. The van der Waals surface area contributed by atoms with Gasteiger partial charge in [-0.2, -0.15) is 0 Å². The minimum atomic E-state index is -1.26. The monoisotopic (exact) mass is 493 g/mol. The molecule has 8 heteroatoms. The van der Waals surface area contributed by atoms with Gasteiger partial charge in [-0.1, -0.05) is 26.0 Å². The minimum absolute atomic E-state index is 0.100. The summed E-state index contributed by atoms with van der Waals surface area (Å²) in [6.45, 7) is 14.5. The van der Waals surface area contributed by atoms with Crippen molar-refractivity contribution >= 4 is 29.5 Å². The van der Waals surface area contributed by atoms with Crippen molar-refractivity contribution in [2.75, 3.05) is 18.5 Å². The first-order valence-corrected chi connectivity index (χ1v) is 12.7. The van der Waals surface area contributed by atoms with Gasteiger partial charge in [-0.15, -0.1) is 6.58 Å². The highest BCUT2D eigenvalue weighted by Crippen LogP contribution is 2.56. The average molecular weight is 494 g/mol. The third kappa shape index (κ3) is 3.19. The van der Waals surface area contributed by atoms with E-state index in [-0.39, 0.29) is 24.1 Å². The highest BCUT2D eigenvalue weighted by Gasteiger charge is 2.62. The van der Waals surface area contributed by atoms with Gasteiger partial charge >= 0.3 is 0 Å². The standard InChI is InChI=1S/C28H35N3O5/c1-7-25(3,4)27(16-19-22(32)31-15-9-13-28(31,35-8-2)24(34)29-19)18-10-11-20-17(21(18)30-23(27)33)12-14-26(5,6)36-20/h7,10-12,14,19H,1,8-9,13,15-16H2,2-6H3,(H,29,34)(H,30,33). The molecule has 0 bridgehead atoms. The van der Waals surface area contributed by atoms with Crippen LogP contribution in [0.2, 0.25) is 0 Å². The van der Waals surface area contributed by atoms with Gasteiger partial charge in [-0.3, -0.25) is 14.4 Å². The topological polar surface area (TPSA) is 97.0 Å². The molecule has 2 fully saturated rings. The average Bonchev–Trinajstić information content (AvgIpc) is 3.37. The summed E-state index contributed by atoms with van der Waals surface area (Å²) < 4.78 is 12.0. The second kappa shape index (κ2) is 7.93. The maximum atomic E-state index is 13.9. The van der Waals surface area contributed by atoms with Crippen molar-refractivity contribution in [2.24, 2.45) is 5.41 Å². The third-order valence-electron chi connectivity index (χ3n) is 8.38. The molecule has 0 saturated carbocycles. The molecule has 192 valence electrons. The number of nitrogens with zero attached hydrogens (tertiary/aromatic N) is 1. The number of carbonyl (C=O) groups excluding carboxylic acids is 3. The summed E-state index contributed by atoms with van der Waals surface area (Å²) in [4.78, 5) is 42.6. The van der Waals surface area contributed by atoms with E-state index >= 15 is 0 Å². The van der Waals surface area contributed by atoms with E-state index in [4.69, 9.17) is 9.47 Å². The fourth-order valence-electron chi connectivity index (χ4n) is 6.31. The Hall–Kier alpha value is -3.13. The smallest absolute Gasteiger partial charge is 0.274 e. The Morgan fingerprint density at radius 2 is 2.00 bits per heavy atom. The Labute approximate surface area is 212 Å². The van der Waals surface area contributed by atoms with Gasteiger partial charge in [0.05, 0.1) is 11.1 Å². The Morgan fingerprint density at radius 1 is 1.25 bits per heavy atom. The molecule has 4 heterocycles. The number of piperazine rings is 1. The maximum absolute atomic E-state index is 13.9. The first kappa shape index (κ1) is 24.6. The van der Waals surface area contributed by atoms with Crippen LogP contribution in [0.15, 0.2) is 30.9 Å². The van der Waals surface area contributed by atoms with Crippen LogP contribution in [0.3, 0.4) is 0 Å². The molecular formula is C28H35N3O5. The highest BCUT2D eigenvalue weighted by molar-refractivity contribution is 6.10. The van der Waals surface area contributed by atoms with Crippen molar-refractivity contribution in [2.45, 2.75) is 76.7 Å². The number of fused-ring (bicyclic) bond motifs is 4. The molecule has 0 aromatic heterocycles. The molecule has 1 aromatic carbocycles. The molecule has 3 atom stereocenters. The predicted octanol–water partition coefficient (Wildman–Crippen LogP) is 3.52. The van der Waals surface area contributed by atoms with E-state index in [1.165, 1.54) is 0 Å². The van der Waals surface area contributed by atoms with Crippen molar-refractivity contribution in [1.82, 2.24) is 10.2 Å². The molecule has 2 saturated heterocycles. The lowest BCUT2D eigenvalue weighted by atomic mass is 9.59. The third-order valence-corrected chi connectivity index (χ3v) is 8.38. The van der Waals surface area contributed by atoms with Gasteiger partial charge in [0.1, 0.15) is 17.4 Å². The van der Waals surface area contributed by atoms with Crippen LogP contribution in [0.4, 0.5) is 5.69 Å². The Bertz CT molecular complexity index is 1200. The van der Waals surface area contributed by atoms with Gasteiger partial charge in [-0.05, 0) is 57.4 Å². The molecule has 3 unspecified atom stereocenters. The van der Waals surface area contributed by atoms with Crippen LogP contribution in [-0.4, -0.2) is 53.1 Å². The van der Waals surface area contributed by atoms with Crippen molar-refractivity contribution in [3.8, 4) is 5.75 Å². The molecule has 0 aliphatic carbocycles. The normalized spacial score (nSPS) is 30.2. The van der Waals surface area contributed by atoms with Crippen LogP contribution in [0.5, 0.6) is 5.75 Å². The fourth-order valence-corrected chi connectivity index (χ4v) is 6.31. The number of amides is 3. The zero-order valence-electron chi connectivity index (χ0n) is 21.7. The lowest BCUT2D eigenvalue weighted by molar-refractivity contribution is -0.189. The zero-order valence-corrected chi connectivity index (χ0v) is 21.7. The van der Waals surface area contributed by atoms with Gasteiger partial charge in [0.25, 0.3) is 5.91 Å². The quantitative estimate of drug-likeness (QED) is 0.591. The van der Waals surface area contributed by atoms with E-state index in [1.807, 2.05) is 58.9 Å². The van der Waals surface area contributed by atoms with Crippen molar-refractivity contribution in [3.63, 3.8) is 0 Å². The number of ether oxygens (including phenoxy) is 2. The molecule has 8 nitrogen and oxygen atoms in total. The van der Waals surface area contributed by atoms with Gasteiger partial charge < -0.3 is 25.0 Å². The Kier molecular flexibility index (Phi) is 5.41. The number of nitrogens with one attached hydrogen (secondary N) is 2. The maximum Gasteiger partial charge on any atom is 0.274 e. The summed E-state index contributed by atoms with van der Waals surface area (Å²) in [6, 6.07) is 2.92. The van der Waals surface area contributed by atoms with Crippen LogP contribution in [0, 0.1) is 5.41 Å². The van der Waals surface area contributed by atoms with Crippen LogP contribution >= 0.6 is 0 Å². The van der Waals surface area contributed by atoms with E-state index in [2.05, 4.69) is 17.2 Å². The van der Waals surface area contributed by atoms with Crippen molar-refractivity contribution in [3.05, 3.63) is 42.0 Å². The largest absolute Gasteiger partial charge is 0.483 e. The first-order valence-electron chi connectivity index (χ1n) is 12.7. The number of benzene rings is 1. The second-order valence-corrected chi connectivity index (χ2v) is 11.3. The summed E-state index contributed by atoms with van der Waals surface area (Å²) >= 11 is 0. The number of hydrogen-bond donors (Lipinski definition) is 2. The van der Waals surface area contributed by atoms with Crippen molar-refractivity contribution in [1.29, 1.82) is 0 Å². The van der Waals surface area contributed by atoms with Crippen LogP contribution in [0.1, 0.15) is 65.0 Å². The molecule has 2 N–H and O–H groups in total. The second-order valence-electron chi connectivity index (χ2n) is 11.3. The molecule has 1 aromatic rings. The number of rotatable bonds is 6. The number of allylic oxidation sites excluding steroid dienone is 1. The lowest BCUT2D eigenvalue weighted by Crippen LogP contribution is -2.70. The molecule has 4 aliphatic heterocycles. The summed E-state index contributed by atoms with van der Waals surface area (Å²) in [6.07, 6.45) is 6.95. The molecule has 0 spiro atoms. The van der Waals surface area contributed by atoms with Gasteiger partial charge in [0.2, 0.25) is 17.5 Å². The summed E-state index contributed by atoms with van der Waals surface area (Å²) in [5.41, 5.74) is -1.34. The van der Waals surface area contributed by atoms with E-state index in [0.29, 0.717) is 37.4 Å². The van der Waals surface area contributed by atoms with E-state index < -0.39 is 28.2 Å². The summed E-state index contributed by atoms with van der Waals surface area (Å²) in [5.74, 6) is -0.0712. The molecule has 4 aliphatic rings. The number of hydrogen-bond acceptors (Lipinski definition) is 5. The van der Waals surface area contributed by atoms with Crippen LogP contribution in [0.25, 0.3) is 6.08 Å². The minimum Gasteiger partial charge on any atom is -0.483 e. The number of anilines is 1. The van der Waals surface area contributed by atoms with E-state index in [1.54, 1.807) is 11.0 Å². The van der Waals surface area contributed by atoms with Gasteiger partial charge in [0.15, 0.2) is 0 Å². The summed E-state index contributed by atoms with van der Waals surface area (Å²) in [7, 11) is 0. The molecule has 5 rings (SSSR count). The molecular weight excluding hydrogens is 458 g/mol. The Morgan fingerprint density at radius 3 is 2.69 bits per heavy atom. The van der Waals surface area contributed by atoms with E-state index in [9.17, 15) is 14.4 Å². The van der Waals surface area contributed by atoms with Crippen LogP contribution in [-0.2, 0) is 24.5 Å². The number of carbonyl (C=O) groups is 3. The zero-order chi connectivity index (χ0) is 26.1. The Balaban J connectivity index is 1.60. The molecule has 3 amide bonds. The lowest BCUT2D eigenvalue weighted by Gasteiger charge is -2.47. The fraction of sp³-hybridized carbons (Fsp3) is 0.536. The van der Waals surface area contributed by atoms with E-state index in [0.717, 1.165) is 11.1 Å². The van der Waals surface area contributed by atoms with Crippen molar-refractivity contribution < 1.29 is 23.9 Å². The molecule has 36 heavy (non-hydrogen) atoms. The first-order chi connectivity index (χ1) is 16.9. The predicted molar refractivity (Wildman–Crippen MR) is 136 cm³/mol. The summed E-state index contributed by atoms with van der Waals surface area (Å²) in [5, 5.41) is 6.02. The molecule has 0 radical (unpaired) electrons. The SMILES string of the molecule is C=CC(C)(C)C1(CC2NC(=O)C3(OCC)CCCN3C2=O)C(=O)Nc2c1ccc1c2C=CC(C)(C)O1. The van der Waals surface area contributed by atoms with Gasteiger partial charge in [0, 0.05) is 30.6 Å². The van der Waals surface area contributed by atoms with Crippen LogP contribution < -0.4 is 15.4 Å².